The van der Waals surface area contributed by atoms with E-state index in [0.717, 1.165) is 43.1 Å². The summed E-state index contributed by atoms with van der Waals surface area (Å²) in [5.74, 6) is 1.80. The van der Waals surface area contributed by atoms with E-state index < -0.39 is 0 Å². The molecule has 0 aliphatic carbocycles. The minimum atomic E-state index is 0.0700. The van der Waals surface area contributed by atoms with Crippen molar-refractivity contribution < 1.29 is 4.79 Å². The molecule has 0 unspecified atom stereocenters. The molecule has 0 saturated carbocycles. The maximum Gasteiger partial charge on any atom is 0.241 e. The molecule has 21 heavy (non-hydrogen) atoms. The third kappa shape index (κ3) is 4.58. The fourth-order valence-electron chi connectivity index (χ4n) is 2.04. The molecule has 0 aliphatic heterocycles. The number of likely N-dealkylation sites (N-methyl/N-ethyl adjacent to an activating group) is 2. The molecule has 0 atom stereocenters. The van der Waals surface area contributed by atoms with Gasteiger partial charge in [0.05, 0.1) is 6.54 Å². The fourth-order valence-corrected chi connectivity index (χ4v) is 2.04. The first-order valence-electron chi connectivity index (χ1n) is 7.57. The molecule has 0 bridgehead atoms. The van der Waals surface area contributed by atoms with Crippen LogP contribution in [0.1, 0.15) is 32.8 Å². The highest BCUT2D eigenvalue weighted by Gasteiger charge is 2.18. The van der Waals surface area contributed by atoms with E-state index in [1.807, 2.05) is 11.8 Å². The van der Waals surface area contributed by atoms with Gasteiger partial charge in [0.15, 0.2) is 0 Å². The molecule has 1 N–H and O–H groups in total. The van der Waals surface area contributed by atoms with Crippen molar-refractivity contribution in [3.05, 3.63) is 11.9 Å². The Balaban J connectivity index is 3.05. The highest BCUT2D eigenvalue weighted by Crippen LogP contribution is 2.24. The maximum absolute atomic E-state index is 12.0. The molecule has 1 heterocycles. The predicted octanol–water partition coefficient (Wildman–Crippen LogP) is 1.78. The quantitative estimate of drug-likeness (QED) is 0.791. The van der Waals surface area contributed by atoms with E-state index in [-0.39, 0.29) is 5.91 Å². The van der Waals surface area contributed by atoms with Crippen molar-refractivity contribution in [2.45, 2.75) is 33.6 Å². The molecule has 6 heteroatoms. The van der Waals surface area contributed by atoms with Crippen molar-refractivity contribution in [1.82, 2.24) is 14.9 Å². The summed E-state index contributed by atoms with van der Waals surface area (Å²) in [5, 5.41) is 3.34. The monoisotopic (exact) mass is 293 g/mol. The third-order valence-electron chi connectivity index (χ3n) is 3.32. The predicted molar refractivity (Wildman–Crippen MR) is 86.8 cm³/mol. The standard InChI is InChI=1S/C15H27N5O/c1-6-9-16-14-12(7-2)15(18-11-17-14)20(8-3)10-13(21)19(4)5/h11H,6-10H2,1-5H3,(H,16,17,18). The van der Waals surface area contributed by atoms with Crippen molar-refractivity contribution in [3.8, 4) is 0 Å². The Bertz CT molecular complexity index is 461. The van der Waals surface area contributed by atoms with Crippen molar-refractivity contribution in [2.24, 2.45) is 0 Å². The van der Waals surface area contributed by atoms with Crippen LogP contribution >= 0.6 is 0 Å². The molecule has 0 aliphatic rings. The number of nitrogens with one attached hydrogen (secondary N) is 1. The molecule has 0 radical (unpaired) electrons. The number of hydrogen-bond acceptors (Lipinski definition) is 5. The lowest BCUT2D eigenvalue weighted by molar-refractivity contribution is -0.127. The Morgan fingerprint density at radius 3 is 2.48 bits per heavy atom. The molecule has 1 amide bonds. The average molecular weight is 293 g/mol. The summed E-state index contributed by atoms with van der Waals surface area (Å²) in [4.78, 5) is 24.3. The lowest BCUT2D eigenvalue weighted by Crippen LogP contribution is -2.37. The molecule has 1 rings (SSSR count). The van der Waals surface area contributed by atoms with Gasteiger partial charge in [-0.2, -0.15) is 0 Å². The van der Waals surface area contributed by atoms with Crippen LogP contribution < -0.4 is 10.2 Å². The Morgan fingerprint density at radius 2 is 1.95 bits per heavy atom. The molecule has 6 nitrogen and oxygen atoms in total. The topological polar surface area (TPSA) is 61.4 Å². The molecular weight excluding hydrogens is 266 g/mol. The van der Waals surface area contributed by atoms with E-state index >= 15 is 0 Å². The summed E-state index contributed by atoms with van der Waals surface area (Å²) in [5.41, 5.74) is 1.07. The fraction of sp³-hybridized carbons (Fsp3) is 0.667. The highest BCUT2D eigenvalue weighted by molar-refractivity contribution is 5.81. The average Bonchev–Trinajstić information content (AvgIpc) is 2.49. The Labute approximate surface area is 127 Å². The van der Waals surface area contributed by atoms with Crippen LogP contribution in [-0.2, 0) is 11.2 Å². The molecule has 0 spiro atoms. The number of anilines is 2. The maximum atomic E-state index is 12.0. The molecule has 0 aromatic carbocycles. The van der Waals surface area contributed by atoms with E-state index in [0.29, 0.717) is 6.54 Å². The minimum Gasteiger partial charge on any atom is -0.370 e. The number of nitrogens with zero attached hydrogens (tertiary/aromatic N) is 4. The van der Waals surface area contributed by atoms with Gasteiger partial charge in [0.2, 0.25) is 5.91 Å². The van der Waals surface area contributed by atoms with Gasteiger partial charge in [0, 0.05) is 32.7 Å². The normalized spacial score (nSPS) is 10.3. The SMILES string of the molecule is CCCNc1ncnc(N(CC)CC(=O)N(C)C)c1CC. The number of rotatable bonds is 8. The second kappa shape index (κ2) is 8.44. The second-order valence-corrected chi connectivity index (χ2v) is 5.11. The van der Waals surface area contributed by atoms with Crippen LogP contribution in [0, 0.1) is 0 Å². The van der Waals surface area contributed by atoms with Crippen LogP contribution in [0.3, 0.4) is 0 Å². The van der Waals surface area contributed by atoms with Crippen molar-refractivity contribution in [3.63, 3.8) is 0 Å². The van der Waals surface area contributed by atoms with Gasteiger partial charge < -0.3 is 15.1 Å². The minimum absolute atomic E-state index is 0.0700. The summed E-state index contributed by atoms with van der Waals surface area (Å²) in [6.45, 7) is 8.18. The van der Waals surface area contributed by atoms with Gasteiger partial charge in [0.25, 0.3) is 0 Å². The molecule has 0 fully saturated rings. The van der Waals surface area contributed by atoms with Crippen LogP contribution in [0.15, 0.2) is 6.33 Å². The molecule has 0 saturated heterocycles. The van der Waals surface area contributed by atoms with E-state index in [4.69, 9.17) is 0 Å². The smallest absolute Gasteiger partial charge is 0.241 e. The van der Waals surface area contributed by atoms with Gasteiger partial charge in [0.1, 0.15) is 18.0 Å². The molecule has 118 valence electrons. The van der Waals surface area contributed by atoms with Crippen molar-refractivity contribution in [2.75, 3.05) is 43.9 Å². The van der Waals surface area contributed by atoms with E-state index in [1.165, 1.54) is 0 Å². The van der Waals surface area contributed by atoms with Crippen molar-refractivity contribution in [1.29, 1.82) is 0 Å². The number of amides is 1. The van der Waals surface area contributed by atoms with Gasteiger partial charge in [-0.05, 0) is 19.8 Å². The zero-order valence-electron chi connectivity index (χ0n) is 13.8. The van der Waals surface area contributed by atoms with E-state index in [1.54, 1.807) is 25.3 Å². The Hall–Kier alpha value is -1.85. The van der Waals surface area contributed by atoms with Crippen molar-refractivity contribution >= 4 is 17.5 Å². The number of hydrogen-bond donors (Lipinski definition) is 1. The molecule has 1 aromatic rings. The van der Waals surface area contributed by atoms with Gasteiger partial charge in [-0.1, -0.05) is 13.8 Å². The lowest BCUT2D eigenvalue weighted by atomic mass is 10.2. The zero-order valence-corrected chi connectivity index (χ0v) is 13.8. The van der Waals surface area contributed by atoms with Crippen LogP contribution in [-0.4, -0.2) is 54.5 Å². The van der Waals surface area contributed by atoms with Crippen LogP contribution in [0.4, 0.5) is 11.6 Å². The van der Waals surface area contributed by atoms with E-state index in [2.05, 4.69) is 29.1 Å². The van der Waals surface area contributed by atoms with Crippen LogP contribution in [0.5, 0.6) is 0 Å². The molecular formula is C15H27N5O. The summed E-state index contributed by atoms with van der Waals surface area (Å²) in [6, 6.07) is 0. The highest BCUT2D eigenvalue weighted by atomic mass is 16.2. The summed E-state index contributed by atoms with van der Waals surface area (Å²) in [7, 11) is 3.54. The van der Waals surface area contributed by atoms with Gasteiger partial charge in [-0.25, -0.2) is 9.97 Å². The number of carbonyl (C=O) groups is 1. The number of aromatic nitrogens is 2. The first kappa shape index (κ1) is 17.2. The third-order valence-corrected chi connectivity index (χ3v) is 3.32. The second-order valence-electron chi connectivity index (χ2n) is 5.11. The first-order chi connectivity index (χ1) is 10.0. The number of carbonyl (C=O) groups excluding carboxylic acids is 1. The largest absolute Gasteiger partial charge is 0.370 e. The summed E-state index contributed by atoms with van der Waals surface area (Å²) < 4.78 is 0. The molecule has 1 aromatic heterocycles. The first-order valence-corrected chi connectivity index (χ1v) is 7.57. The lowest BCUT2D eigenvalue weighted by Gasteiger charge is -2.26. The van der Waals surface area contributed by atoms with Gasteiger partial charge >= 0.3 is 0 Å². The van der Waals surface area contributed by atoms with Gasteiger partial charge in [-0.3, -0.25) is 4.79 Å². The van der Waals surface area contributed by atoms with Crippen LogP contribution in [0.25, 0.3) is 0 Å². The van der Waals surface area contributed by atoms with E-state index in [9.17, 15) is 4.79 Å². The Morgan fingerprint density at radius 1 is 1.24 bits per heavy atom. The summed E-state index contributed by atoms with van der Waals surface area (Å²) in [6.07, 6.45) is 3.43. The summed E-state index contributed by atoms with van der Waals surface area (Å²) >= 11 is 0. The Kier molecular flexibility index (Phi) is 6.91. The van der Waals surface area contributed by atoms with Crippen LogP contribution in [0.2, 0.25) is 0 Å². The van der Waals surface area contributed by atoms with Gasteiger partial charge in [-0.15, -0.1) is 0 Å². The zero-order chi connectivity index (χ0) is 15.8.